The zero-order chi connectivity index (χ0) is 32.2. The number of halogens is 3. The third-order valence-electron chi connectivity index (χ3n) is 6.64. The molecule has 12 nitrogen and oxygen atoms in total. The average Bonchev–Trinajstić information content (AvgIpc) is 3.37. The third kappa shape index (κ3) is 7.01. The Morgan fingerprint density at radius 3 is 2.52 bits per heavy atom. The fourth-order valence-electron chi connectivity index (χ4n) is 4.38. The van der Waals surface area contributed by atoms with Gasteiger partial charge in [0.15, 0.2) is 23.0 Å². The van der Waals surface area contributed by atoms with Crippen molar-refractivity contribution in [2.45, 2.75) is 13.2 Å². The Hall–Kier alpha value is -4.89. The third-order valence-corrected chi connectivity index (χ3v) is 6.64. The van der Waals surface area contributed by atoms with Gasteiger partial charge in [-0.3, -0.25) is 13.7 Å². The molecule has 2 aromatic carbocycles. The van der Waals surface area contributed by atoms with E-state index >= 15 is 4.39 Å². The summed E-state index contributed by atoms with van der Waals surface area (Å²) < 4.78 is 61.1. The molecule has 0 bridgehead atoms. The molecule has 0 aliphatic heterocycles. The number of methoxy groups -OCH3 is 1. The van der Waals surface area contributed by atoms with Crippen LogP contribution in [0.15, 0.2) is 42.9 Å². The fraction of sp³-hybridized carbons (Fsp3) is 0.310. The topological polar surface area (TPSA) is 136 Å². The first-order valence-corrected chi connectivity index (χ1v) is 13.3. The first-order valence-electron chi connectivity index (χ1n) is 13.3. The lowest BCUT2D eigenvalue weighted by molar-refractivity contribution is -0.917. The maximum Gasteiger partial charge on any atom is 0.510 e. The van der Waals surface area contributed by atoms with Crippen molar-refractivity contribution in [1.82, 2.24) is 19.7 Å². The molecule has 0 saturated carbocycles. The Kier molecular flexibility index (Phi) is 9.59. The van der Waals surface area contributed by atoms with Crippen LogP contribution in [0.25, 0.3) is 16.9 Å². The van der Waals surface area contributed by atoms with E-state index in [1.165, 1.54) is 42.2 Å². The Labute approximate surface area is 250 Å². The number of amides is 1. The largest absolute Gasteiger partial charge is 0.510 e. The van der Waals surface area contributed by atoms with Crippen molar-refractivity contribution < 1.29 is 46.6 Å². The van der Waals surface area contributed by atoms with Crippen molar-refractivity contribution in [3.05, 3.63) is 71.4 Å². The van der Waals surface area contributed by atoms with Crippen LogP contribution in [0.2, 0.25) is 0 Å². The smallest absolute Gasteiger partial charge is 0.494 e. The van der Waals surface area contributed by atoms with E-state index < -0.39 is 35.7 Å². The molecule has 15 heteroatoms. The van der Waals surface area contributed by atoms with Crippen LogP contribution in [-0.4, -0.2) is 90.3 Å². The van der Waals surface area contributed by atoms with Crippen LogP contribution in [0.5, 0.6) is 5.75 Å². The Morgan fingerprint density at radius 2 is 1.86 bits per heavy atom. The number of benzene rings is 2. The van der Waals surface area contributed by atoms with Gasteiger partial charge in [0, 0.05) is 30.2 Å². The molecule has 0 saturated heterocycles. The number of rotatable bonds is 12. The minimum atomic E-state index is -1.42. The van der Waals surface area contributed by atoms with Gasteiger partial charge < -0.3 is 30.0 Å². The SMILES string of the molecule is COc1ccc(-c2cnc3c(Nc4cc(C)c(C(=O)NCCOCC(OC(=O)O)[N+](C)(C)C)c(F)c4)nccn23)c(F)c1F. The second-order valence-corrected chi connectivity index (χ2v) is 10.6. The molecule has 4 aromatic rings. The molecule has 1 amide bonds. The first-order chi connectivity index (χ1) is 20.8. The number of carbonyl (C=O) groups excluding carboxylic acids is 1. The highest BCUT2D eigenvalue weighted by Gasteiger charge is 2.28. The normalized spacial score (nSPS) is 12.2. The van der Waals surface area contributed by atoms with Crippen LogP contribution in [0, 0.1) is 24.4 Å². The molecule has 1 atom stereocenters. The Balaban J connectivity index is 1.44. The van der Waals surface area contributed by atoms with E-state index in [2.05, 4.69) is 20.6 Å². The van der Waals surface area contributed by atoms with Gasteiger partial charge in [-0.05, 0) is 36.8 Å². The molecule has 0 spiro atoms. The van der Waals surface area contributed by atoms with Gasteiger partial charge >= 0.3 is 6.16 Å². The molecular formula is C29H32F3N6O6+. The molecule has 234 valence electrons. The number of ether oxygens (including phenoxy) is 3. The Bertz CT molecular complexity index is 1670. The lowest BCUT2D eigenvalue weighted by atomic mass is 10.1. The maximum atomic E-state index is 15.1. The van der Waals surface area contributed by atoms with E-state index in [1.54, 1.807) is 34.1 Å². The number of aromatic nitrogens is 3. The first kappa shape index (κ1) is 32.0. The van der Waals surface area contributed by atoms with E-state index in [9.17, 15) is 18.4 Å². The number of anilines is 2. The summed E-state index contributed by atoms with van der Waals surface area (Å²) in [6.45, 7) is 1.61. The number of carbonyl (C=O) groups is 2. The molecule has 0 aliphatic carbocycles. The summed E-state index contributed by atoms with van der Waals surface area (Å²) in [7, 11) is 6.48. The summed E-state index contributed by atoms with van der Waals surface area (Å²) >= 11 is 0. The lowest BCUT2D eigenvalue weighted by Crippen LogP contribution is -2.50. The van der Waals surface area contributed by atoms with Crippen molar-refractivity contribution >= 4 is 29.2 Å². The van der Waals surface area contributed by atoms with Crippen molar-refractivity contribution in [1.29, 1.82) is 0 Å². The number of aryl methyl sites for hydroxylation is 1. The van der Waals surface area contributed by atoms with Crippen LogP contribution in [-0.2, 0) is 9.47 Å². The van der Waals surface area contributed by atoms with Crippen molar-refractivity contribution in [3.63, 3.8) is 0 Å². The zero-order valence-corrected chi connectivity index (χ0v) is 24.7. The summed E-state index contributed by atoms with van der Waals surface area (Å²) in [5.41, 5.74) is 0.913. The quantitative estimate of drug-likeness (QED) is 0.0918. The fourth-order valence-corrected chi connectivity index (χ4v) is 4.38. The van der Waals surface area contributed by atoms with Gasteiger partial charge in [-0.1, -0.05) is 0 Å². The van der Waals surface area contributed by atoms with Crippen LogP contribution in [0.3, 0.4) is 0 Å². The Morgan fingerprint density at radius 1 is 1.11 bits per heavy atom. The van der Waals surface area contributed by atoms with Gasteiger partial charge in [-0.15, -0.1) is 0 Å². The number of likely N-dealkylation sites (N-methyl/N-ethyl adjacent to an activating group) is 1. The predicted molar refractivity (Wildman–Crippen MR) is 153 cm³/mol. The molecule has 2 aromatic heterocycles. The monoisotopic (exact) mass is 617 g/mol. The molecule has 44 heavy (non-hydrogen) atoms. The second kappa shape index (κ2) is 13.2. The molecule has 0 radical (unpaired) electrons. The van der Waals surface area contributed by atoms with Crippen molar-refractivity contribution in [2.75, 3.05) is 53.3 Å². The number of carboxylic acid groups (broad SMARTS) is 1. The molecule has 0 fully saturated rings. The number of nitrogens with one attached hydrogen (secondary N) is 2. The van der Waals surface area contributed by atoms with Crippen LogP contribution in [0.4, 0.5) is 29.5 Å². The molecule has 2 heterocycles. The van der Waals surface area contributed by atoms with E-state index in [0.717, 1.165) is 6.07 Å². The molecule has 3 N–H and O–H groups in total. The second-order valence-electron chi connectivity index (χ2n) is 10.6. The van der Waals surface area contributed by atoms with Gasteiger partial charge in [0.2, 0.25) is 5.82 Å². The summed E-state index contributed by atoms with van der Waals surface area (Å²) in [6.07, 6.45) is 2.10. The number of hydrogen-bond acceptors (Lipinski definition) is 8. The van der Waals surface area contributed by atoms with Crippen molar-refractivity contribution in [2.24, 2.45) is 0 Å². The minimum absolute atomic E-state index is 0.0375. The minimum Gasteiger partial charge on any atom is -0.494 e. The summed E-state index contributed by atoms with van der Waals surface area (Å²) in [5, 5.41) is 14.5. The van der Waals surface area contributed by atoms with E-state index in [0.29, 0.717) is 5.56 Å². The number of hydrogen-bond donors (Lipinski definition) is 3. The van der Waals surface area contributed by atoms with Gasteiger partial charge in [0.25, 0.3) is 12.1 Å². The van der Waals surface area contributed by atoms with E-state index in [-0.39, 0.29) is 64.0 Å². The van der Waals surface area contributed by atoms with Crippen molar-refractivity contribution in [3.8, 4) is 17.0 Å². The molecule has 4 rings (SSSR count). The average molecular weight is 618 g/mol. The van der Waals surface area contributed by atoms with Crippen LogP contribution >= 0.6 is 0 Å². The number of quaternary nitrogens is 1. The van der Waals surface area contributed by atoms with Gasteiger partial charge in [0.1, 0.15) is 12.4 Å². The highest BCUT2D eigenvalue weighted by molar-refractivity contribution is 5.96. The number of fused-ring (bicyclic) bond motifs is 1. The molecule has 1 unspecified atom stereocenters. The van der Waals surface area contributed by atoms with Crippen LogP contribution < -0.4 is 15.4 Å². The predicted octanol–water partition coefficient (Wildman–Crippen LogP) is 4.35. The highest BCUT2D eigenvalue weighted by atomic mass is 19.2. The maximum absolute atomic E-state index is 15.1. The number of imidazole rings is 1. The van der Waals surface area contributed by atoms with E-state index in [4.69, 9.17) is 19.3 Å². The number of nitrogens with zero attached hydrogens (tertiary/aromatic N) is 4. The molecular weight excluding hydrogens is 585 g/mol. The summed E-state index contributed by atoms with van der Waals surface area (Å²) in [4.78, 5) is 32.2. The van der Waals surface area contributed by atoms with Gasteiger partial charge in [0.05, 0.1) is 52.3 Å². The summed E-state index contributed by atoms with van der Waals surface area (Å²) in [6, 6.07) is 5.36. The zero-order valence-electron chi connectivity index (χ0n) is 24.7. The highest BCUT2D eigenvalue weighted by Crippen LogP contribution is 2.32. The van der Waals surface area contributed by atoms with Gasteiger partial charge in [-0.25, -0.2) is 23.5 Å². The van der Waals surface area contributed by atoms with Gasteiger partial charge in [-0.2, -0.15) is 4.39 Å². The standard InChI is InChI=1S/C29H31F3N6O6/c1-16-12-17(13-19(30)23(16)28(39)34-9-11-43-15-22(38(2,3)4)44-29(40)41)36-26-27-35-14-20(37(27)10-8-33-26)18-6-7-21(42-5)25(32)24(18)31/h6-8,10,12-14,22H,9,11,15H2,1-5H3,(H2-,33,34,36,39,40,41)/p+1. The molecule has 0 aliphatic rings. The lowest BCUT2D eigenvalue weighted by Gasteiger charge is -2.31. The van der Waals surface area contributed by atoms with Crippen LogP contribution in [0.1, 0.15) is 15.9 Å². The van der Waals surface area contributed by atoms with E-state index in [1.807, 2.05) is 0 Å². The summed E-state index contributed by atoms with van der Waals surface area (Å²) in [5.74, 6) is -3.71.